The molecule has 0 radical (unpaired) electrons. The summed E-state index contributed by atoms with van der Waals surface area (Å²) in [4.78, 5) is 35.9. The highest BCUT2D eigenvalue weighted by Crippen LogP contribution is 2.10. The lowest BCUT2D eigenvalue weighted by molar-refractivity contribution is -0.143. The van der Waals surface area contributed by atoms with Gasteiger partial charge in [-0.05, 0) is 17.4 Å². The molecule has 0 unspecified atom stereocenters. The molecule has 3 N–H and O–H groups in total. The summed E-state index contributed by atoms with van der Waals surface area (Å²) in [6.07, 6.45) is -0.117. The number of amides is 2. The molecule has 0 saturated heterocycles. The van der Waals surface area contributed by atoms with Crippen molar-refractivity contribution in [2.45, 2.75) is 52.8 Å². The summed E-state index contributed by atoms with van der Waals surface area (Å²) in [5, 5.41) is 14.4. The van der Waals surface area contributed by atoms with Crippen molar-refractivity contribution in [1.82, 2.24) is 10.6 Å². The molecule has 0 heterocycles. The molecule has 26 heavy (non-hydrogen) atoms. The van der Waals surface area contributed by atoms with Crippen LogP contribution in [0.15, 0.2) is 30.3 Å². The Balaban J connectivity index is 2.67. The summed E-state index contributed by atoms with van der Waals surface area (Å²) in [6.45, 7) is 7.22. The molecule has 0 aliphatic carbocycles. The van der Waals surface area contributed by atoms with Crippen molar-refractivity contribution >= 4 is 18.0 Å². The number of aliphatic carboxylic acids is 1. The number of benzene rings is 1. The monoisotopic (exact) mass is 364 g/mol. The van der Waals surface area contributed by atoms with Gasteiger partial charge in [-0.15, -0.1) is 0 Å². The average Bonchev–Trinajstić information content (AvgIpc) is 2.61. The van der Waals surface area contributed by atoms with E-state index in [0.717, 1.165) is 5.56 Å². The first-order chi connectivity index (χ1) is 12.3. The Kier molecular flexibility index (Phi) is 8.61. The van der Waals surface area contributed by atoms with E-state index in [1.807, 2.05) is 37.3 Å². The van der Waals surface area contributed by atoms with Gasteiger partial charge in [-0.2, -0.15) is 0 Å². The quantitative estimate of drug-likeness (QED) is 0.625. The Bertz CT molecular complexity index is 603. The summed E-state index contributed by atoms with van der Waals surface area (Å²) >= 11 is 0. The first-order valence-electron chi connectivity index (χ1n) is 8.76. The van der Waals surface area contributed by atoms with Crippen molar-refractivity contribution < 1.29 is 24.2 Å². The molecule has 1 rings (SSSR count). The average molecular weight is 364 g/mol. The smallest absolute Gasteiger partial charge is 0.408 e. The highest BCUT2D eigenvalue weighted by atomic mass is 16.5. The van der Waals surface area contributed by atoms with Crippen LogP contribution in [-0.4, -0.2) is 35.2 Å². The third-order valence-electron chi connectivity index (χ3n) is 4.21. The van der Waals surface area contributed by atoms with Crippen LogP contribution in [0.3, 0.4) is 0 Å². The number of carbonyl (C=O) groups is 3. The Morgan fingerprint density at radius 3 is 2.15 bits per heavy atom. The molecule has 1 aromatic carbocycles. The zero-order valence-corrected chi connectivity index (χ0v) is 15.7. The second kappa shape index (κ2) is 10.4. The molecule has 3 atom stereocenters. The largest absolute Gasteiger partial charge is 0.480 e. The minimum absolute atomic E-state index is 0.0870. The molecule has 0 aliphatic rings. The van der Waals surface area contributed by atoms with E-state index in [4.69, 9.17) is 4.74 Å². The van der Waals surface area contributed by atoms with Crippen LogP contribution in [0.2, 0.25) is 0 Å². The van der Waals surface area contributed by atoms with E-state index in [1.54, 1.807) is 20.8 Å². The van der Waals surface area contributed by atoms with Gasteiger partial charge < -0.3 is 20.5 Å². The minimum Gasteiger partial charge on any atom is -0.480 e. The van der Waals surface area contributed by atoms with E-state index in [0.29, 0.717) is 6.42 Å². The number of ether oxygens (including phenoxy) is 1. The van der Waals surface area contributed by atoms with Crippen molar-refractivity contribution in [3.8, 4) is 0 Å². The van der Waals surface area contributed by atoms with Gasteiger partial charge in [0, 0.05) is 0 Å². The lowest BCUT2D eigenvalue weighted by atomic mass is 9.97. The van der Waals surface area contributed by atoms with Crippen molar-refractivity contribution in [2.75, 3.05) is 0 Å². The fourth-order valence-electron chi connectivity index (χ4n) is 2.35. The lowest BCUT2D eigenvalue weighted by Crippen LogP contribution is -2.55. The van der Waals surface area contributed by atoms with Gasteiger partial charge in [-0.3, -0.25) is 4.79 Å². The van der Waals surface area contributed by atoms with Crippen molar-refractivity contribution in [1.29, 1.82) is 0 Å². The highest BCUT2D eigenvalue weighted by molar-refractivity contribution is 5.89. The fraction of sp³-hybridized carbons (Fsp3) is 0.526. The fourth-order valence-corrected chi connectivity index (χ4v) is 2.35. The third-order valence-corrected chi connectivity index (χ3v) is 4.21. The maximum atomic E-state index is 12.5. The van der Waals surface area contributed by atoms with Crippen LogP contribution in [-0.2, 0) is 20.9 Å². The van der Waals surface area contributed by atoms with Crippen molar-refractivity contribution in [3.63, 3.8) is 0 Å². The first kappa shape index (κ1) is 21.5. The number of hydrogen-bond acceptors (Lipinski definition) is 4. The van der Waals surface area contributed by atoms with Gasteiger partial charge in [0.2, 0.25) is 5.91 Å². The number of carbonyl (C=O) groups excluding carboxylic acids is 2. The molecule has 7 nitrogen and oxygen atoms in total. The van der Waals surface area contributed by atoms with Crippen LogP contribution >= 0.6 is 0 Å². The van der Waals surface area contributed by atoms with E-state index in [2.05, 4.69) is 10.6 Å². The SMILES string of the molecule is CC[C@@H](C)[C@H](NC(=O)[C@H](NC(=O)OCc1ccccc1)C(C)C)C(=O)O. The van der Waals surface area contributed by atoms with Gasteiger partial charge >= 0.3 is 12.1 Å². The third kappa shape index (κ3) is 6.74. The summed E-state index contributed by atoms with van der Waals surface area (Å²) < 4.78 is 5.13. The maximum Gasteiger partial charge on any atom is 0.408 e. The summed E-state index contributed by atoms with van der Waals surface area (Å²) in [7, 11) is 0. The van der Waals surface area contributed by atoms with Crippen LogP contribution < -0.4 is 10.6 Å². The second-order valence-electron chi connectivity index (χ2n) is 6.64. The second-order valence-corrected chi connectivity index (χ2v) is 6.64. The normalized spacial score (nSPS) is 14.2. The zero-order valence-electron chi connectivity index (χ0n) is 15.7. The van der Waals surface area contributed by atoms with Gasteiger partial charge in [-0.25, -0.2) is 9.59 Å². The molecule has 0 aromatic heterocycles. The van der Waals surface area contributed by atoms with Crippen LogP contribution in [0.4, 0.5) is 4.79 Å². The summed E-state index contributed by atoms with van der Waals surface area (Å²) in [6, 6.07) is 7.29. The number of carboxylic acid groups (broad SMARTS) is 1. The Morgan fingerprint density at radius 1 is 1.04 bits per heavy atom. The maximum absolute atomic E-state index is 12.5. The van der Waals surface area contributed by atoms with Gasteiger partial charge in [0.1, 0.15) is 18.7 Å². The molecule has 1 aromatic rings. The molecule has 0 fully saturated rings. The standard InChI is InChI=1S/C19H28N2O5/c1-5-13(4)16(18(23)24)20-17(22)15(12(2)3)21-19(25)26-11-14-9-7-6-8-10-14/h6-10,12-13,15-16H,5,11H2,1-4H3,(H,20,22)(H,21,25)(H,23,24)/t13-,15-,16+/m1/s1. The van der Waals surface area contributed by atoms with E-state index >= 15 is 0 Å². The lowest BCUT2D eigenvalue weighted by Gasteiger charge is -2.26. The van der Waals surface area contributed by atoms with Crippen molar-refractivity contribution in [3.05, 3.63) is 35.9 Å². The summed E-state index contributed by atoms with van der Waals surface area (Å²) in [5.41, 5.74) is 0.830. The number of hydrogen-bond donors (Lipinski definition) is 3. The Morgan fingerprint density at radius 2 is 1.65 bits per heavy atom. The molecular formula is C19H28N2O5. The molecule has 7 heteroatoms. The predicted octanol–water partition coefficient (Wildman–Crippen LogP) is 2.55. The van der Waals surface area contributed by atoms with Gasteiger partial charge in [0.15, 0.2) is 0 Å². The Labute approximate surface area is 154 Å². The first-order valence-corrected chi connectivity index (χ1v) is 8.76. The van der Waals surface area contributed by atoms with Gasteiger partial charge in [0.25, 0.3) is 0 Å². The summed E-state index contributed by atoms with van der Waals surface area (Å²) in [5.74, 6) is -2.09. The van der Waals surface area contributed by atoms with Crippen molar-refractivity contribution in [2.24, 2.45) is 11.8 Å². The minimum atomic E-state index is -1.10. The van der Waals surface area contributed by atoms with Gasteiger partial charge in [-0.1, -0.05) is 64.4 Å². The molecule has 0 saturated carbocycles. The molecule has 0 spiro atoms. The van der Waals surface area contributed by atoms with Crippen LogP contribution in [0.25, 0.3) is 0 Å². The molecule has 2 amide bonds. The number of alkyl carbamates (subject to hydrolysis) is 1. The van der Waals surface area contributed by atoms with Crippen LogP contribution in [0.5, 0.6) is 0 Å². The topological polar surface area (TPSA) is 105 Å². The number of nitrogens with one attached hydrogen (secondary N) is 2. The number of carboxylic acids is 1. The number of rotatable bonds is 9. The molecule has 0 bridgehead atoms. The van der Waals surface area contributed by atoms with Gasteiger partial charge in [0.05, 0.1) is 0 Å². The van der Waals surface area contributed by atoms with E-state index in [-0.39, 0.29) is 18.4 Å². The molecular weight excluding hydrogens is 336 g/mol. The van der Waals surface area contributed by atoms with E-state index < -0.39 is 30.1 Å². The predicted molar refractivity (Wildman–Crippen MR) is 97.4 cm³/mol. The van der Waals surface area contributed by atoms with E-state index in [9.17, 15) is 19.5 Å². The highest BCUT2D eigenvalue weighted by Gasteiger charge is 2.31. The van der Waals surface area contributed by atoms with Crippen LogP contribution in [0, 0.1) is 11.8 Å². The zero-order chi connectivity index (χ0) is 19.7. The molecule has 0 aliphatic heterocycles. The van der Waals surface area contributed by atoms with E-state index in [1.165, 1.54) is 0 Å². The molecule has 144 valence electrons. The Hall–Kier alpha value is -2.57. The van der Waals surface area contributed by atoms with Crippen LogP contribution in [0.1, 0.15) is 39.7 Å².